The Hall–Kier alpha value is -2.34. The average molecular weight is 373 g/mol. The van der Waals surface area contributed by atoms with Crippen molar-refractivity contribution in [1.29, 1.82) is 0 Å². The lowest BCUT2D eigenvalue weighted by atomic mass is 10.1. The number of halogens is 1. The molecular weight excluding hydrogens is 360 g/mol. The minimum absolute atomic E-state index is 0.103. The molecule has 0 spiro atoms. The van der Waals surface area contributed by atoms with Crippen molar-refractivity contribution in [2.75, 3.05) is 14.2 Å². The quantitative estimate of drug-likeness (QED) is 0.408. The molecule has 2 aromatic carbocycles. The molecule has 4 rings (SSSR count). The molecule has 0 unspecified atom stereocenters. The molecule has 2 heterocycles. The molecule has 0 saturated heterocycles. The van der Waals surface area contributed by atoms with Crippen LogP contribution in [0, 0.1) is 0 Å². The molecule has 0 aliphatic heterocycles. The van der Waals surface area contributed by atoms with E-state index in [1.54, 1.807) is 20.3 Å². The highest BCUT2D eigenvalue weighted by Gasteiger charge is 2.21. The van der Waals surface area contributed by atoms with Crippen molar-refractivity contribution in [1.82, 2.24) is 9.61 Å². The van der Waals surface area contributed by atoms with Gasteiger partial charge in [0.1, 0.15) is 11.5 Å². The molecule has 0 saturated carbocycles. The maximum atomic E-state index is 13.1. The van der Waals surface area contributed by atoms with Gasteiger partial charge in [0.25, 0.3) is 0 Å². The second-order valence-corrected chi connectivity index (χ2v) is 5.78. The van der Waals surface area contributed by atoms with Gasteiger partial charge in [-0.05, 0) is 24.3 Å². The van der Waals surface area contributed by atoms with Crippen molar-refractivity contribution < 1.29 is 9.47 Å². The molecule has 4 aromatic rings. The monoisotopic (exact) mass is 372 g/mol. The normalized spacial score (nSPS) is 11.6. The van der Waals surface area contributed by atoms with Crippen LogP contribution in [0.4, 0.5) is 0 Å². The molecule has 23 heavy (non-hydrogen) atoms. The summed E-state index contributed by atoms with van der Waals surface area (Å²) in [7, 11) is 3.12. The van der Waals surface area contributed by atoms with Crippen molar-refractivity contribution in [2.45, 2.75) is 5.33 Å². The average Bonchev–Trinajstić information content (AvgIpc) is 2.97. The summed E-state index contributed by atoms with van der Waals surface area (Å²) in [6.45, 7) is 0. The van der Waals surface area contributed by atoms with Crippen LogP contribution in [0.5, 0.6) is 11.5 Å². The van der Waals surface area contributed by atoms with Gasteiger partial charge in [0, 0.05) is 10.7 Å². The summed E-state index contributed by atoms with van der Waals surface area (Å²) >= 11 is 3.47. The first kappa shape index (κ1) is 14.3. The van der Waals surface area contributed by atoms with E-state index in [0.29, 0.717) is 27.6 Å². The van der Waals surface area contributed by atoms with Crippen molar-refractivity contribution in [3.63, 3.8) is 0 Å². The Bertz CT molecular complexity index is 1100. The molecule has 2 aromatic heterocycles. The van der Waals surface area contributed by atoms with Gasteiger partial charge in [0.15, 0.2) is 0 Å². The summed E-state index contributed by atoms with van der Waals surface area (Å²) in [6, 6.07) is 9.27. The summed E-state index contributed by atoms with van der Waals surface area (Å²) < 4.78 is 12.6. The second kappa shape index (κ2) is 5.09. The highest BCUT2D eigenvalue weighted by atomic mass is 79.9. The van der Waals surface area contributed by atoms with E-state index in [4.69, 9.17) is 9.47 Å². The maximum Gasteiger partial charge on any atom is 0.204 e. The SMILES string of the molecule is COc1cccc2c1c(=O)c1c(OC)ccc3c(CBr)nn2c31. The molecule has 0 aliphatic rings. The molecule has 0 N–H and O–H groups in total. The molecule has 0 atom stereocenters. The van der Waals surface area contributed by atoms with Crippen LogP contribution in [0.3, 0.4) is 0 Å². The van der Waals surface area contributed by atoms with Gasteiger partial charge < -0.3 is 9.47 Å². The zero-order chi connectivity index (χ0) is 16.1. The van der Waals surface area contributed by atoms with Crippen LogP contribution >= 0.6 is 15.9 Å². The highest BCUT2D eigenvalue weighted by Crippen LogP contribution is 2.34. The van der Waals surface area contributed by atoms with Crippen LogP contribution in [0.15, 0.2) is 35.1 Å². The smallest absolute Gasteiger partial charge is 0.204 e. The number of benzene rings is 2. The lowest BCUT2D eigenvalue weighted by molar-refractivity contribution is 0.418. The number of hydrogen-bond donors (Lipinski definition) is 0. The Morgan fingerprint density at radius 2 is 1.83 bits per heavy atom. The third-order valence-electron chi connectivity index (χ3n) is 4.14. The number of nitrogens with zero attached hydrogens (tertiary/aromatic N) is 2. The molecule has 6 heteroatoms. The van der Waals surface area contributed by atoms with E-state index in [1.807, 2.05) is 28.8 Å². The first-order chi connectivity index (χ1) is 11.2. The van der Waals surface area contributed by atoms with Gasteiger partial charge in [0.05, 0.1) is 41.7 Å². The number of aromatic nitrogens is 2. The van der Waals surface area contributed by atoms with E-state index >= 15 is 0 Å². The Labute approximate surface area is 139 Å². The van der Waals surface area contributed by atoms with Crippen LogP contribution < -0.4 is 14.9 Å². The summed E-state index contributed by atoms with van der Waals surface area (Å²) in [5.74, 6) is 1.08. The van der Waals surface area contributed by atoms with Crippen LogP contribution in [0.2, 0.25) is 0 Å². The van der Waals surface area contributed by atoms with Crippen LogP contribution in [0.25, 0.3) is 27.2 Å². The number of methoxy groups -OCH3 is 2. The first-order valence-electron chi connectivity index (χ1n) is 7.08. The number of ether oxygens (including phenoxy) is 2. The number of pyridine rings is 1. The molecular formula is C17H13BrN2O3. The van der Waals surface area contributed by atoms with E-state index < -0.39 is 0 Å². The number of fused-ring (bicyclic) bond motifs is 2. The number of rotatable bonds is 3. The van der Waals surface area contributed by atoms with Crippen LogP contribution in [-0.2, 0) is 5.33 Å². The highest BCUT2D eigenvalue weighted by molar-refractivity contribution is 9.08. The molecule has 0 fully saturated rings. The van der Waals surface area contributed by atoms with Gasteiger partial charge in [0.2, 0.25) is 5.43 Å². The third-order valence-corrected chi connectivity index (χ3v) is 4.67. The zero-order valence-electron chi connectivity index (χ0n) is 12.6. The van der Waals surface area contributed by atoms with E-state index in [2.05, 4.69) is 21.0 Å². The topological polar surface area (TPSA) is 52.8 Å². The van der Waals surface area contributed by atoms with Gasteiger partial charge in [-0.2, -0.15) is 5.10 Å². The van der Waals surface area contributed by atoms with Gasteiger partial charge in [-0.15, -0.1) is 0 Å². The predicted molar refractivity (Wildman–Crippen MR) is 93.4 cm³/mol. The fourth-order valence-corrected chi connectivity index (χ4v) is 3.55. The van der Waals surface area contributed by atoms with E-state index in [0.717, 1.165) is 22.1 Å². The van der Waals surface area contributed by atoms with Crippen molar-refractivity contribution in [3.05, 3.63) is 46.2 Å². The van der Waals surface area contributed by atoms with Crippen LogP contribution in [0.1, 0.15) is 5.69 Å². The molecule has 0 bridgehead atoms. The van der Waals surface area contributed by atoms with E-state index in [1.165, 1.54) is 0 Å². The minimum atomic E-state index is -0.103. The number of hydrogen-bond acceptors (Lipinski definition) is 4. The standard InChI is InChI=1S/C17H13BrN2O3/c1-22-12-5-3-4-11-14(12)17(21)15-13(23-2)7-6-9-10(8-18)19-20(11)16(9)15/h3-7H,8H2,1-2H3. The number of alkyl halides is 1. The Balaban J connectivity index is 2.40. The van der Waals surface area contributed by atoms with Crippen molar-refractivity contribution in [2.24, 2.45) is 0 Å². The second-order valence-electron chi connectivity index (χ2n) is 5.21. The summed E-state index contributed by atoms with van der Waals surface area (Å²) in [5.41, 5.74) is 2.29. The fourth-order valence-electron chi connectivity index (χ4n) is 3.13. The lowest BCUT2D eigenvalue weighted by Gasteiger charge is -2.10. The van der Waals surface area contributed by atoms with Gasteiger partial charge in [-0.25, -0.2) is 4.52 Å². The first-order valence-corrected chi connectivity index (χ1v) is 8.20. The van der Waals surface area contributed by atoms with Crippen molar-refractivity contribution >= 4 is 43.1 Å². The van der Waals surface area contributed by atoms with E-state index in [-0.39, 0.29) is 5.43 Å². The molecule has 0 radical (unpaired) electrons. The molecule has 5 nitrogen and oxygen atoms in total. The predicted octanol–water partition coefficient (Wildman–Crippen LogP) is 3.35. The Morgan fingerprint density at radius 1 is 1.09 bits per heavy atom. The molecule has 0 amide bonds. The van der Waals surface area contributed by atoms with Crippen LogP contribution in [-0.4, -0.2) is 23.8 Å². The third kappa shape index (κ3) is 1.78. The minimum Gasteiger partial charge on any atom is -0.496 e. The maximum absolute atomic E-state index is 13.1. The molecule has 116 valence electrons. The summed E-state index contributed by atoms with van der Waals surface area (Å²) in [6.07, 6.45) is 0. The van der Waals surface area contributed by atoms with Crippen molar-refractivity contribution in [3.8, 4) is 11.5 Å². The molecule has 0 aliphatic carbocycles. The lowest BCUT2D eigenvalue weighted by Crippen LogP contribution is -2.09. The Kier molecular flexibility index (Phi) is 3.16. The zero-order valence-corrected chi connectivity index (χ0v) is 14.2. The van der Waals surface area contributed by atoms with Gasteiger partial charge in [-0.1, -0.05) is 22.0 Å². The van der Waals surface area contributed by atoms with Gasteiger partial charge >= 0.3 is 0 Å². The summed E-state index contributed by atoms with van der Waals surface area (Å²) in [4.78, 5) is 13.1. The Morgan fingerprint density at radius 3 is 2.52 bits per heavy atom. The fraction of sp³-hybridized carbons (Fsp3) is 0.176. The summed E-state index contributed by atoms with van der Waals surface area (Å²) in [5, 5.41) is 7.26. The van der Waals surface area contributed by atoms with Gasteiger partial charge in [-0.3, -0.25) is 4.79 Å². The van der Waals surface area contributed by atoms with E-state index in [9.17, 15) is 4.79 Å². The largest absolute Gasteiger partial charge is 0.496 e.